The first-order valence-corrected chi connectivity index (χ1v) is 10.9. The van der Waals surface area contributed by atoms with E-state index < -0.39 is 0 Å². The van der Waals surface area contributed by atoms with Crippen molar-refractivity contribution in [3.8, 4) is 17.6 Å². The molecule has 0 radical (unpaired) electrons. The number of carbonyl (C=O) groups excluding carboxylic acids is 1. The number of halogens is 1. The van der Waals surface area contributed by atoms with Gasteiger partial charge in [0.2, 0.25) is 0 Å². The number of hydrogen-bond donors (Lipinski definition) is 1. The summed E-state index contributed by atoms with van der Waals surface area (Å²) >= 11 is 3.41. The molecule has 32 heavy (non-hydrogen) atoms. The van der Waals surface area contributed by atoms with Crippen molar-refractivity contribution in [2.24, 2.45) is 0 Å². The summed E-state index contributed by atoms with van der Waals surface area (Å²) in [5, 5.41) is 2.94. The summed E-state index contributed by atoms with van der Waals surface area (Å²) in [5.74, 6) is 6.89. The highest BCUT2D eigenvalue weighted by Gasteiger charge is 2.07. The molecule has 0 heterocycles. The molecule has 4 heteroatoms. The number of amides is 1. The lowest BCUT2D eigenvalue weighted by Gasteiger charge is -2.08. The molecule has 0 aromatic heterocycles. The van der Waals surface area contributed by atoms with Crippen LogP contribution in [-0.2, 0) is 6.61 Å². The van der Waals surface area contributed by atoms with Gasteiger partial charge in [-0.3, -0.25) is 4.79 Å². The van der Waals surface area contributed by atoms with Crippen molar-refractivity contribution in [3.63, 3.8) is 0 Å². The van der Waals surface area contributed by atoms with Gasteiger partial charge in [0.1, 0.15) is 12.4 Å². The van der Waals surface area contributed by atoms with E-state index in [-0.39, 0.29) is 5.91 Å². The third kappa shape index (κ3) is 6.10. The van der Waals surface area contributed by atoms with Crippen LogP contribution in [0.3, 0.4) is 0 Å². The van der Waals surface area contributed by atoms with Crippen LogP contribution in [0.1, 0.15) is 27.0 Å². The standard InChI is InChI=1S/C28H20BrNO2/c29-25-15-17-27(18-16-25)32-20-23-11-13-24(14-12-23)28(31)30-26-8-4-7-22(19-26)10-9-21-5-2-1-3-6-21/h1-8,11-19H,20H2,(H,30,31). The zero-order chi connectivity index (χ0) is 22.2. The molecule has 0 fully saturated rings. The minimum absolute atomic E-state index is 0.168. The summed E-state index contributed by atoms with van der Waals surface area (Å²) in [6, 6.07) is 32.4. The minimum Gasteiger partial charge on any atom is -0.489 e. The maximum absolute atomic E-state index is 12.6. The second kappa shape index (κ2) is 10.5. The van der Waals surface area contributed by atoms with Crippen molar-refractivity contribution in [1.82, 2.24) is 0 Å². The van der Waals surface area contributed by atoms with Gasteiger partial charge in [-0.2, -0.15) is 0 Å². The van der Waals surface area contributed by atoms with Crippen LogP contribution in [-0.4, -0.2) is 5.91 Å². The monoisotopic (exact) mass is 481 g/mol. The van der Waals surface area contributed by atoms with Crippen LogP contribution in [0.25, 0.3) is 0 Å². The van der Waals surface area contributed by atoms with Gasteiger partial charge in [-0.05, 0) is 72.3 Å². The Morgan fingerprint density at radius 1 is 0.781 bits per heavy atom. The van der Waals surface area contributed by atoms with E-state index in [1.54, 1.807) is 12.1 Å². The highest BCUT2D eigenvalue weighted by atomic mass is 79.9. The molecule has 156 valence electrons. The van der Waals surface area contributed by atoms with E-state index in [4.69, 9.17) is 4.74 Å². The molecule has 0 aliphatic carbocycles. The predicted octanol–water partition coefficient (Wildman–Crippen LogP) is 6.68. The van der Waals surface area contributed by atoms with Gasteiger partial charge in [-0.15, -0.1) is 0 Å². The van der Waals surface area contributed by atoms with E-state index in [9.17, 15) is 4.79 Å². The lowest BCUT2D eigenvalue weighted by atomic mass is 10.1. The zero-order valence-corrected chi connectivity index (χ0v) is 18.8. The smallest absolute Gasteiger partial charge is 0.255 e. The van der Waals surface area contributed by atoms with Crippen molar-refractivity contribution in [3.05, 3.63) is 130 Å². The summed E-state index contributed by atoms with van der Waals surface area (Å²) < 4.78 is 6.79. The fraction of sp³-hybridized carbons (Fsp3) is 0.0357. The number of carbonyl (C=O) groups is 1. The molecule has 1 amide bonds. The van der Waals surface area contributed by atoms with Gasteiger partial charge in [-0.25, -0.2) is 0 Å². The number of ether oxygens (including phenoxy) is 1. The Bertz CT molecular complexity index is 1250. The van der Waals surface area contributed by atoms with Crippen molar-refractivity contribution < 1.29 is 9.53 Å². The molecular weight excluding hydrogens is 462 g/mol. The van der Waals surface area contributed by atoms with E-state index >= 15 is 0 Å². The van der Waals surface area contributed by atoms with Gasteiger partial charge in [0.15, 0.2) is 0 Å². The van der Waals surface area contributed by atoms with Gasteiger partial charge in [0.05, 0.1) is 0 Å². The quantitative estimate of drug-likeness (QED) is 0.322. The summed E-state index contributed by atoms with van der Waals surface area (Å²) in [5.41, 5.74) is 4.07. The van der Waals surface area contributed by atoms with Crippen LogP contribution in [0.5, 0.6) is 5.75 Å². The Labute approximate surface area is 196 Å². The van der Waals surface area contributed by atoms with E-state index in [2.05, 4.69) is 33.1 Å². The normalized spacial score (nSPS) is 10.0. The molecule has 0 unspecified atom stereocenters. The Hall–Kier alpha value is -3.81. The number of benzene rings is 4. The van der Waals surface area contributed by atoms with Crippen molar-refractivity contribution >= 4 is 27.5 Å². The summed E-state index contributed by atoms with van der Waals surface area (Å²) in [7, 11) is 0. The van der Waals surface area contributed by atoms with Crippen LogP contribution in [0.15, 0.2) is 108 Å². The minimum atomic E-state index is -0.168. The second-order valence-electron chi connectivity index (χ2n) is 7.09. The Morgan fingerprint density at radius 3 is 2.22 bits per heavy atom. The molecule has 0 saturated heterocycles. The molecule has 4 aromatic rings. The molecule has 0 aliphatic heterocycles. The molecule has 0 spiro atoms. The maximum Gasteiger partial charge on any atom is 0.255 e. The van der Waals surface area contributed by atoms with Crippen molar-refractivity contribution in [2.75, 3.05) is 5.32 Å². The first-order chi connectivity index (χ1) is 15.7. The van der Waals surface area contributed by atoms with E-state index in [1.807, 2.05) is 91.0 Å². The number of anilines is 1. The molecule has 0 bridgehead atoms. The van der Waals surface area contributed by atoms with Gasteiger partial charge in [-0.1, -0.05) is 64.2 Å². The third-order valence-corrected chi connectivity index (χ3v) is 5.21. The molecular formula is C28H20BrNO2. The van der Waals surface area contributed by atoms with Gasteiger partial charge in [0, 0.05) is 26.9 Å². The van der Waals surface area contributed by atoms with E-state index in [0.717, 1.165) is 26.9 Å². The number of rotatable bonds is 5. The lowest BCUT2D eigenvalue weighted by Crippen LogP contribution is -2.12. The summed E-state index contributed by atoms with van der Waals surface area (Å²) in [6.07, 6.45) is 0. The molecule has 0 saturated carbocycles. The maximum atomic E-state index is 12.6. The SMILES string of the molecule is O=C(Nc1cccc(C#Cc2ccccc2)c1)c1ccc(COc2ccc(Br)cc2)cc1. The van der Waals surface area contributed by atoms with Crippen LogP contribution >= 0.6 is 15.9 Å². The van der Waals surface area contributed by atoms with Crippen molar-refractivity contribution in [2.45, 2.75) is 6.61 Å². The van der Waals surface area contributed by atoms with Crippen LogP contribution in [0.4, 0.5) is 5.69 Å². The zero-order valence-electron chi connectivity index (χ0n) is 17.2. The third-order valence-electron chi connectivity index (χ3n) is 4.68. The van der Waals surface area contributed by atoms with Gasteiger partial charge in [0.25, 0.3) is 5.91 Å². The largest absolute Gasteiger partial charge is 0.489 e. The van der Waals surface area contributed by atoms with E-state index in [0.29, 0.717) is 17.9 Å². The van der Waals surface area contributed by atoms with Gasteiger partial charge < -0.3 is 10.1 Å². The van der Waals surface area contributed by atoms with E-state index in [1.165, 1.54) is 0 Å². The highest BCUT2D eigenvalue weighted by molar-refractivity contribution is 9.10. The van der Waals surface area contributed by atoms with Crippen LogP contribution in [0.2, 0.25) is 0 Å². The van der Waals surface area contributed by atoms with Crippen LogP contribution in [0, 0.1) is 11.8 Å². The van der Waals surface area contributed by atoms with Gasteiger partial charge >= 0.3 is 0 Å². The lowest BCUT2D eigenvalue weighted by molar-refractivity contribution is 0.102. The second-order valence-corrected chi connectivity index (χ2v) is 8.01. The fourth-order valence-corrected chi connectivity index (χ4v) is 3.26. The molecule has 0 aliphatic rings. The average molecular weight is 482 g/mol. The molecule has 3 nitrogen and oxygen atoms in total. The predicted molar refractivity (Wildman–Crippen MR) is 132 cm³/mol. The topological polar surface area (TPSA) is 38.3 Å². The first kappa shape index (κ1) is 21.4. The molecule has 0 atom stereocenters. The summed E-state index contributed by atoms with van der Waals surface area (Å²) in [4.78, 5) is 12.6. The number of hydrogen-bond acceptors (Lipinski definition) is 2. The Morgan fingerprint density at radius 2 is 1.47 bits per heavy atom. The average Bonchev–Trinajstić information content (AvgIpc) is 2.84. The highest BCUT2D eigenvalue weighted by Crippen LogP contribution is 2.18. The Kier molecular flexibility index (Phi) is 7.01. The van der Waals surface area contributed by atoms with Crippen LogP contribution < -0.4 is 10.1 Å². The molecule has 4 rings (SSSR count). The first-order valence-electron chi connectivity index (χ1n) is 10.1. The van der Waals surface area contributed by atoms with Crippen molar-refractivity contribution in [1.29, 1.82) is 0 Å². The summed E-state index contributed by atoms with van der Waals surface area (Å²) in [6.45, 7) is 0.436. The fourth-order valence-electron chi connectivity index (χ4n) is 2.99. The number of nitrogens with one attached hydrogen (secondary N) is 1. The molecule has 1 N–H and O–H groups in total. The molecule has 4 aromatic carbocycles. The Balaban J connectivity index is 1.36.